The van der Waals surface area contributed by atoms with Crippen molar-refractivity contribution in [1.82, 2.24) is 4.98 Å². The highest BCUT2D eigenvalue weighted by atomic mass is 16.1. The highest BCUT2D eigenvalue weighted by Gasteiger charge is 2.32. The Morgan fingerprint density at radius 3 is 2.81 bits per heavy atom. The van der Waals surface area contributed by atoms with Crippen molar-refractivity contribution in [2.75, 3.05) is 11.9 Å². The van der Waals surface area contributed by atoms with Gasteiger partial charge in [0.25, 0.3) is 5.91 Å². The van der Waals surface area contributed by atoms with Crippen molar-refractivity contribution in [1.29, 1.82) is 0 Å². The van der Waals surface area contributed by atoms with Gasteiger partial charge in [-0.3, -0.25) is 4.79 Å². The smallest absolute Gasteiger partial charge is 0.267 e. The summed E-state index contributed by atoms with van der Waals surface area (Å²) in [5, 5.41) is 3.14. The van der Waals surface area contributed by atoms with Crippen molar-refractivity contribution in [3.05, 3.63) is 23.9 Å². The monoisotopic (exact) mass is 220 g/mol. The van der Waals surface area contributed by atoms with Crippen LogP contribution >= 0.6 is 0 Å². The number of anilines is 1. The molecule has 1 fully saturated rings. The van der Waals surface area contributed by atoms with Gasteiger partial charge in [0.15, 0.2) is 0 Å². The molecule has 0 unspecified atom stereocenters. The lowest BCUT2D eigenvalue weighted by Crippen LogP contribution is -2.52. The highest BCUT2D eigenvalue weighted by molar-refractivity contribution is 5.91. The number of nitrogens with zero attached hydrogens (tertiary/aromatic N) is 1. The molecule has 1 aromatic rings. The van der Waals surface area contributed by atoms with Crippen molar-refractivity contribution < 1.29 is 4.79 Å². The summed E-state index contributed by atoms with van der Waals surface area (Å²) >= 11 is 0. The lowest BCUT2D eigenvalue weighted by Gasteiger charge is -2.38. The van der Waals surface area contributed by atoms with E-state index in [0.29, 0.717) is 12.4 Å². The summed E-state index contributed by atoms with van der Waals surface area (Å²) in [6, 6.07) is 5.14. The first-order chi connectivity index (χ1) is 7.59. The summed E-state index contributed by atoms with van der Waals surface area (Å²) in [6.07, 6.45) is 3.26. The van der Waals surface area contributed by atoms with Crippen molar-refractivity contribution >= 4 is 11.7 Å². The molecule has 5 heteroatoms. The van der Waals surface area contributed by atoms with Gasteiger partial charge in [0.1, 0.15) is 11.5 Å². The van der Waals surface area contributed by atoms with Crippen LogP contribution in [0.1, 0.15) is 29.8 Å². The number of hydrogen-bond donors (Lipinski definition) is 3. The van der Waals surface area contributed by atoms with Crippen molar-refractivity contribution in [3.8, 4) is 0 Å². The molecule has 0 atom stereocenters. The molecule has 0 aromatic carbocycles. The molecular weight excluding hydrogens is 204 g/mol. The molecule has 1 amide bonds. The van der Waals surface area contributed by atoms with Crippen LogP contribution in [0.4, 0.5) is 5.82 Å². The molecular formula is C11H16N4O. The van der Waals surface area contributed by atoms with E-state index in [-0.39, 0.29) is 11.2 Å². The molecule has 5 N–H and O–H groups in total. The normalized spacial score (nSPS) is 17.6. The summed E-state index contributed by atoms with van der Waals surface area (Å²) in [4.78, 5) is 15.0. The molecule has 0 bridgehead atoms. The molecule has 0 spiro atoms. The minimum Gasteiger partial charge on any atom is -0.368 e. The molecule has 0 saturated heterocycles. The number of pyridine rings is 1. The van der Waals surface area contributed by atoms with Crippen LogP contribution in [0.15, 0.2) is 18.2 Å². The van der Waals surface area contributed by atoms with E-state index < -0.39 is 5.91 Å². The summed E-state index contributed by atoms with van der Waals surface area (Å²) in [7, 11) is 0. The fourth-order valence-corrected chi connectivity index (χ4v) is 1.74. The molecule has 0 radical (unpaired) electrons. The maximum absolute atomic E-state index is 10.9. The number of rotatable bonds is 4. The molecule has 5 nitrogen and oxygen atoms in total. The molecule has 1 aromatic heterocycles. The minimum atomic E-state index is -0.519. The summed E-state index contributed by atoms with van der Waals surface area (Å²) in [6.45, 7) is 0.683. The minimum absolute atomic E-state index is 0.107. The highest BCUT2D eigenvalue weighted by Crippen LogP contribution is 2.28. The van der Waals surface area contributed by atoms with Crippen LogP contribution in [0.2, 0.25) is 0 Å². The topological polar surface area (TPSA) is 94.0 Å². The first-order valence-corrected chi connectivity index (χ1v) is 5.39. The van der Waals surface area contributed by atoms with E-state index >= 15 is 0 Å². The van der Waals surface area contributed by atoms with Crippen LogP contribution in [-0.2, 0) is 0 Å². The average molecular weight is 220 g/mol. The molecule has 1 aliphatic carbocycles. The number of amides is 1. The van der Waals surface area contributed by atoms with E-state index in [4.69, 9.17) is 11.5 Å². The Kier molecular flexibility index (Phi) is 2.78. The van der Waals surface area contributed by atoms with E-state index in [1.165, 1.54) is 6.42 Å². The van der Waals surface area contributed by atoms with Crippen LogP contribution < -0.4 is 16.8 Å². The van der Waals surface area contributed by atoms with Crippen molar-refractivity contribution in [2.45, 2.75) is 24.8 Å². The average Bonchev–Trinajstić information content (AvgIpc) is 2.24. The molecule has 16 heavy (non-hydrogen) atoms. The third-order valence-corrected chi connectivity index (χ3v) is 2.97. The van der Waals surface area contributed by atoms with Gasteiger partial charge < -0.3 is 16.8 Å². The molecule has 0 aliphatic heterocycles. The predicted molar refractivity (Wildman–Crippen MR) is 62.0 cm³/mol. The van der Waals surface area contributed by atoms with Gasteiger partial charge in [0.05, 0.1) is 0 Å². The zero-order valence-electron chi connectivity index (χ0n) is 9.07. The summed E-state index contributed by atoms with van der Waals surface area (Å²) in [5.41, 5.74) is 11.4. The largest absolute Gasteiger partial charge is 0.368 e. The number of carbonyl (C=O) groups excluding carboxylic acids is 1. The van der Waals surface area contributed by atoms with E-state index in [2.05, 4.69) is 10.3 Å². The Morgan fingerprint density at radius 1 is 1.50 bits per heavy atom. The molecule has 1 aliphatic rings. The van der Waals surface area contributed by atoms with E-state index in [1.54, 1.807) is 18.2 Å². The SMILES string of the molecule is NC(=O)c1cccc(NCC2(N)CCC2)n1. The summed E-state index contributed by atoms with van der Waals surface area (Å²) < 4.78 is 0. The van der Waals surface area contributed by atoms with Gasteiger partial charge in [-0.15, -0.1) is 0 Å². The van der Waals surface area contributed by atoms with Crippen LogP contribution in [0.5, 0.6) is 0 Å². The number of nitrogens with one attached hydrogen (secondary N) is 1. The van der Waals surface area contributed by atoms with Gasteiger partial charge in [-0.25, -0.2) is 4.98 Å². The van der Waals surface area contributed by atoms with Crippen molar-refractivity contribution in [3.63, 3.8) is 0 Å². The number of carbonyl (C=O) groups is 1. The van der Waals surface area contributed by atoms with Gasteiger partial charge in [0.2, 0.25) is 0 Å². The lowest BCUT2D eigenvalue weighted by molar-refractivity contribution is 0.0995. The first-order valence-electron chi connectivity index (χ1n) is 5.39. The second-order valence-corrected chi connectivity index (χ2v) is 4.34. The van der Waals surface area contributed by atoms with Gasteiger partial charge in [-0.05, 0) is 31.4 Å². The van der Waals surface area contributed by atoms with Gasteiger partial charge in [0, 0.05) is 12.1 Å². The standard InChI is InChI=1S/C11H16N4O/c12-10(16)8-3-1-4-9(15-8)14-7-11(13)5-2-6-11/h1,3-4H,2,5-7,13H2,(H2,12,16)(H,14,15). The van der Waals surface area contributed by atoms with Crippen LogP contribution in [0.25, 0.3) is 0 Å². The second kappa shape index (κ2) is 4.09. The van der Waals surface area contributed by atoms with Crippen LogP contribution in [0, 0.1) is 0 Å². The third kappa shape index (κ3) is 2.30. The van der Waals surface area contributed by atoms with Gasteiger partial charge in [-0.2, -0.15) is 0 Å². The molecule has 1 heterocycles. The van der Waals surface area contributed by atoms with Crippen LogP contribution in [-0.4, -0.2) is 23.0 Å². The van der Waals surface area contributed by atoms with E-state index in [9.17, 15) is 4.79 Å². The fraction of sp³-hybridized carbons (Fsp3) is 0.455. The maximum Gasteiger partial charge on any atom is 0.267 e. The Bertz CT molecular complexity index is 401. The first kappa shape index (κ1) is 10.9. The Hall–Kier alpha value is -1.62. The summed E-state index contributed by atoms with van der Waals surface area (Å²) in [5.74, 6) is 0.128. The Morgan fingerprint density at radius 2 is 2.25 bits per heavy atom. The Balaban J connectivity index is 1.98. The molecule has 86 valence electrons. The molecule has 1 saturated carbocycles. The van der Waals surface area contributed by atoms with E-state index in [1.807, 2.05) is 0 Å². The second-order valence-electron chi connectivity index (χ2n) is 4.34. The lowest BCUT2D eigenvalue weighted by atomic mass is 9.78. The van der Waals surface area contributed by atoms with Gasteiger partial charge >= 0.3 is 0 Å². The van der Waals surface area contributed by atoms with Crippen LogP contribution in [0.3, 0.4) is 0 Å². The number of primary amides is 1. The third-order valence-electron chi connectivity index (χ3n) is 2.97. The number of aromatic nitrogens is 1. The molecule has 2 rings (SSSR count). The van der Waals surface area contributed by atoms with Crippen molar-refractivity contribution in [2.24, 2.45) is 11.5 Å². The predicted octanol–water partition coefficient (Wildman–Crippen LogP) is 0.474. The van der Waals surface area contributed by atoms with Gasteiger partial charge in [-0.1, -0.05) is 6.07 Å². The zero-order chi connectivity index (χ0) is 11.6. The quantitative estimate of drug-likeness (QED) is 0.687. The fourth-order valence-electron chi connectivity index (χ4n) is 1.74. The maximum atomic E-state index is 10.9. The van der Waals surface area contributed by atoms with E-state index in [0.717, 1.165) is 12.8 Å². The number of hydrogen-bond acceptors (Lipinski definition) is 4. The number of nitrogens with two attached hydrogens (primary N) is 2. The zero-order valence-corrected chi connectivity index (χ0v) is 9.07. The Labute approximate surface area is 94.2 Å².